The van der Waals surface area contributed by atoms with E-state index < -0.39 is 0 Å². The van der Waals surface area contributed by atoms with Gasteiger partial charge in [0.25, 0.3) is 6.47 Å². The van der Waals surface area contributed by atoms with Crippen LogP contribution in [0.15, 0.2) is 48.8 Å². The maximum Gasteiger partial charge on any atom is 0.299 e. The number of rotatable bonds is 5. The summed E-state index contributed by atoms with van der Waals surface area (Å²) in [6.07, 6.45) is 3.33. The number of pyridine rings is 1. The zero-order chi connectivity index (χ0) is 14.7. The number of hydrogen-bond acceptors (Lipinski definition) is 4. The summed E-state index contributed by atoms with van der Waals surface area (Å²) in [6.45, 7) is 0.855. The average Bonchev–Trinajstić information content (AvgIpc) is 2.97. The van der Waals surface area contributed by atoms with Crippen molar-refractivity contribution in [2.75, 3.05) is 5.32 Å². The number of aromatic nitrogens is 2. The maximum absolute atomic E-state index is 12.9. The lowest BCUT2D eigenvalue weighted by atomic mass is 10.2. The molecule has 0 fully saturated rings. The first kappa shape index (κ1) is 13.1. The Labute approximate surface area is 120 Å². The second kappa shape index (κ2) is 5.62. The molecule has 0 saturated heterocycles. The minimum absolute atomic E-state index is 0.274. The van der Waals surface area contributed by atoms with Crippen molar-refractivity contribution in [1.29, 1.82) is 0 Å². The molecule has 3 rings (SSSR count). The minimum Gasteiger partial charge on any atom is -0.409 e. The monoisotopic (exact) mass is 285 g/mol. The fraction of sp³-hybridized carbons (Fsp3) is 0.0667. The fourth-order valence-corrected chi connectivity index (χ4v) is 2.07. The van der Waals surface area contributed by atoms with Gasteiger partial charge in [-0.1, -0.05) is 12.1 Å². The summed E-state index contributed by atoms with van der Waals surface area (Å²) in [6, 6.07) is 9.78. The van der Waals surface area contributed by atoms with Crippen molar-refractivity contribution >= 4 is 17.8 Å². The third-order valence-electron chi connectivity index (χ3n) is 3.07. The van der Waals surface area contributed by atoms with Gasteiger partial charge in [-0.15, -0.1) is 0 Å². The summed E-state index contributed by atoms with van der Waals surface area (Å²) in [5, 5.41) is 3.16. The Morgan fingerprint density at radius 3 is 2.81 bits per heavy atom. The van der Waals surface area contributed by atoms with E-state index in [1.54, 1.807) is 35.0 Å². The van der Waals surface area contributed by atoms with Gasteiger partial charge in [0.15, 0.2) is 0 Å². The van der Waals surface area contributed by atoms with Crippen LogP contribution in [0.5, 0.6) is 5.88 Å². The number of carbonyl (C=O) groups excluding carboxylic acids is 1. The predicted molar refractivity (Wildman–Crippen MR) is 75.6 cm³/mol. The molecule has 1 aromatic carbocycles. The standard InChI is InChI=1S/C15H12FN3O2/c16-12-3-1-11(2-4-12)9-18-13-5-6-14-17-7-8-19(14)15(13)21-10-20/h1-8,10,18H,9H2. The van der Waals surface area contributed by atoms with Gasteiger partial charge in [0.2, 0.25) is 5.88 Å². The number of anilines is 1. The van der Waals surface area contributed by atoms with Gasteiger partial charge in [-0.2, -0.15) is 0 Å². The molecule has 5 nitrogen and oxygen atoms in total. The quantitative estimate of drug-likeness (QED) is 0.732. The number of ether oxygens (including phenoxy) is 1. The van der Waals surface area contributed by atoms with E-state index in [0.29, 0.717) is 30.2 Å². The molecule has 3 aromatic rings. The van der Waals surface area contributed by atoms with Crippen molar-refractivity contribution in [2.45, 2.75) is 6.54 Å². The molecule has 2 aromatic heterocycles. The molecule has 0 radical (unpaired) electrons. The van der Waals surface area contributed by atoms with Crippen LogP contribution in [-0.4, -0.2) is 15.9 Å². The van der Waals surface area contributed by atoms with Gasteiger partial charge in [0, 0.05) is 18.9 Å². The molecule has 0 amide bonds. The normalized spacial score (nSPS) is 10.5. The van der Waals surface area contributed by atoms with Crippen LogP contribution in [0.2, 0.25) is 0 Å². The number of halogens is 1. The van der Waals surface area contributed by atoms with Gasteiger partial charge < -0.3 is 10.1 Å². The number of nitrogens with zero attached hydrogens (tertiary/aromatic N) is 2. The first-order valence-corrected chi connectivity index (χ1v) is 6.32. The predicted octanol–water partition coefficient (Wildman–Crippen LogP) is 2.62. The molecule has 0 unspecified atom stereocenters. The molecule has 2 heterocycles. The minimum atomic E-state index is -0.274. The SMILES string of the molecule is O=COc1c(NCc2ccc(F)cc2)ccc2nccn12. The average molecular weight is 285 g/mol. The van der Waals surface area contributed by atoms with E-state index >= 15 is 0 Å². The number of nitrogens with one attached hydrogen (secondary N) is 1. The Kier molecular flexibility index (Phi) is 3.51. The van der Waals surface area contributed by atoms with Crippen molar-refractivity contribution in [1.82, 2.24) is 9.38 Å². The van der Waals surface area contributed by atoms with E-state index in [2.05, 4.69) is 10.3 Å². The highest BCUT2D eigenvalue weighted by atomic mass is 19.1. The van der Waals surface area contributed by atoms with Crippen molar-refractivity contribution in [3.8, 4) is 5.88 Å². The zero-order valence-corrected chi connectivity index (χ0v) is 11.0. The zero-order valence-electron chi connectivity index (χ0n) is 11.0. The first-order chi connectivity index (χ1) is 10.3. The van der Waals surface area contributed by atoms with Gasteiger partial charge in [-0.25, -0.2) is 9.37 Å². The van der Waals surface area contributed by atoms with Crippen LogP contribution < -0.4 is 10.1 Å². The Morgan fingerprint density at radius 2 is 2.05 bits per heavy atom. The van der Waals surface area contributed by atoms with Crippen molar-refractivity contribution < 1.29 is 13.9 Å². The molecule has 0 aliphatic carbocycles. The third kappa shape index (κ3) is 2.69. The Balaban J connectivity index is 1.87. The highest BCUT2D eigenvalue weighted by Crippen LogP contribution is 2.25. The summed E-state index contributed by atoms with van der Waals surface area (Å²) in [7, 11) is 0. The smallest absolute Gasteiger partial charge is 0.299 e. The maximum atomic E-state index is 12.9. The summed E-state index contributed by atoms with van der Waals surface area (Å²) in [4.78, 5) is 14.8. The van der Waals surface area contributed by atoms with E-state index in [-0.39, 0.29) is 5.82 Å². The van der Waals surface area contributed by atoms with Crippen LogP contribution in [0.4, 0.5) is 10.1 Å². The second-order valence-electron chi connectivity index (χ2n) is 4.40. The van der Waals surface area contributed by atoms with Crippen molar-refractivity contribution in [2.24, 2.45) is 0 Å². The Bertz CT molecular complexity index is 768. The molecular formula is C15H12FN3O2. The second-order valence-corrected chi connectivity index (χ2v) is 4.40. The van der Waals surface area contributed by atoms with Crippen LogP contribution in [-0.2, 0) is 11.3 Å². The van der Waals surface area contributed by atoms with Crippen LogP contribution in [0.3, 0.4) is 0 Å². The van der Waals surface area contributed by atoms with Crippen LogP contribution in [0, 0.1) is 5.82 Å². The first-order valence-electron chi connectivity index (χ1n) is 6.32. The number of carbonyl (C=O) groups is 1. The third-order valence-corrected chi connectivity index (χ3v) is 3.07. The number of fused-ring (bicyclic) bond motifs is 1. The van der Waals surface area contributed by atoms with E-state index in [0.717, 1.165) is 5.56 Å². The van der Waals surface area contributed by atoms with E-state index in [1.165, 1.54) is 12.1 Å². The summed E-state index contributed by atoms with van der Waals surface area (Å²) in [5.74, 6) is 0.0886. The molecule has 0 aliphatic rings. The summed E-state index contributed by atoms with van der Waals surface area (Å²) < 4.78 is 19.6. The molecular weight excluding hydrogens is 273 g/mol. The summed E-state index contributed by atoms with van der Waals surface area (Å²) in [5.41, 5.74) is 2.25. The lowest BCUT2D eigenvalue weighted by Gasteiger charge is -2.12. The summed E-state index contributed by atoms with van der Waals surface area (Å²) >= 11 is 0. The van der Waals surface area contributed by atoms with E-state index in [4.69, 9.17) is 4.74 Å². The largest absolute Gasteiger partial charge is 0.409 e. The molecule has 1 N–H and O–H groups in total. The lowest BCUT2D eigenvalue weighted by molar-refractivity contribution is -0.120. The molecule has 0 bridgehead atoms. The van der Waals surface area contributed by atoms with Gasteiger partial charge in [0.05, 0.1) is 5.69 Å². The molecule has 0 spiro atoms. The van der Waals surface area contributed by atoms with Crippen molar-refractivity contribution in [3.63, 3.8) is 0 Å². The molecule has 0 aliphatic heterocycles. The lowest BCUT2D eigenvalue weighted by Crippen LogP contribution is -2.05. The van der Waals surface area contributed by atoms with Gasteiger partial charge >= 0.3 is 0 Å². The highest BCUT2D eigenvalue weighted by Gasteiger charge is 2.09. The van der Waals surface area contributed by atoms with Gasteiger partial charge in [0.1, 0.15) is 11.5 Å². The molecule has 106 valence electrons. The molecule has 0 saturated carbocycles. The van der Waals surface area contributed by atoms with Crippen LogP contribution >= 0.6 is 0 Å². The van der Waals surface area contributed by atoms with E-state index in [9.17, 15) is 9.18 Å². The van der Waals surface area contributed by atoms with Crippen LogP contribution in [0.25, 0.3) is 5.65 Å². The number of benzene rings is 1. The van der Waals surface area contributed by atoms with Gasteiger partial charge in [-0.05, 0) is 29.8 Å². The van der Waals surface area contributed by atoms with E-state index in [1.807, 2.05) is 6.07 Å². The Morgan fingerprint density at radius 1 is 1.24 bits per heavy atom. The van der Waals surface area contributed by atoms with Crippen LogP contribution in [0.1, 0.15) is 5.56 Å². The molecule has 6 heteroatoms. The molecule has 21 heavy (non-hydrogen) atoms. The van der Waals surface area contributed by atoms with Gasteiger partial charge in [-0.3, -0.25) is 9.20 Å². The number of hydrogen-bond donors (Lipinski definition) is 1. The highest BCUT2D eigenvalue weighted by molar-refractivity contribution is 5.63. The van der Waals surface area contributed by atoms with Crippen molar-refractivity contribution in [3.05, 3.63) is 60.2 Å². The topological polar surface area (TPSA) is 55.6 Å². The Hall–Kier alpha value is -2.89. The molecule has 0 atom stereocenters. The fourth-order valence-electron chi connectivity index (χ4n) is 2.07. The number of imidazole rings is 1.